The first-order chi connectivity index (χ1) is 6.29. The Morgan fingerprint density at radius 2 is 1.64 bits per heavy atom. The number of epoxide rings is 2. The van der Waals surface area contributed by atoms with Gasteiger partial charge in [-0.3, -0.25) is 14.4 Å². The molecule has 3 aliphatic rings. The van der Waals surface area contributed by atoms with Crippen molar-refractivity contribution in [3.63, 3.8) is 0 Å². The smallest absolute Gasteiger partial charge is 0.356 e. The molecule has 9 nitrogen and oxygen atoms in total. The summed E-state index contributed by atoms with van der Waals surface area (Å²) in [7, 11) is 0. The molecule has 78 valence electrons. The van der Waals surface area contributed by atoms with Gasteiger partial charge in [0.05, 0.1) is 0 Å². The molecule has 3 heterocycles. The Hall–Kier alpha value is -0.810. The monoisotopic (exact) mass is 208 g/mol. The van der Waals surface area contributed by atoms with Crippen LogP contribution in [0.2, 0.25) is 0 Å². The second-order valence-electron chi connectivity index (χ2n) is 3.17. The molecule has 0 bridgehead atoms. The van der Waals surface area contributed by atoms with Gasteiger partial charge in [0.2, 0.25) is 0 Å². The fraction of sp³-hybridized carbons (Fsp3) is 0.800. The van der Waals surface area contributed by atoms with Crippen LogP contribution in [0.4, 0.5) is 0 Å². The Balaban J connectivity index is 2.09. The van der Waals surface area contributed by atoms with Crippen molar-refractivity contribution >= 4 is 5.97 Å². The molecule has 0 spiro atoms. The van der Waals surface area contributed by atoms with Crippen LogP contribution in [0.3, 0.4) is 0 Å². The van der Waals surface area contributed by atoms with Gasteiger partial charge in [-0.2, -0.15) is 0 Å². The molecule has 3 saturated heterocycles. The van der Waals surface area contributed by atoms with Crippen LogP contribution in [0.15, 0.2) is 0 Å². The standard InChI is InChI=1S/C5H4O9/c6-1-2(7)3(8,12-2)4(9)5(10,13-4)14-11-1/h7-10H/t2-,3-,4-,5?/m1/s1. The summed E-state index contributed by atoms with van der Waals surface area (Å²) >= 11 is 0. The van der Waals surface area contributed by atoms with Crippen LogP contribution in [0.25, 0.3) is 0 Å². The van der Waals surface area contributed by atoms with E-state index in [2.05, 4.69) is 19.2 Å². The summed E-state index contributed by atoms with van der Waals surface area (Å²) in [6, 6.07) is 0. The van der Waals surface area contributed by atoms with Gasteiger partial charge in [-0.25, -0.2) is 4.79 Å². The summed E-state index contributed by atoms with van der Waals surface area (Å²) < 4.78 is 8.37. The van der Waals surface area contributed by atoms with E-state index in [1.54, 1.807) is 0 Å². The molecule has 0 aliphatic carbocycles. The maximum atomic E-state index is 10.9. The molecule has 0 aromatic rings. The lowest BCUT2D eigenvalue weighted by Gasteiger charge is -2.07. The minimum Gasteiger partial charge on any atom is -0.356 e. The minimum atomic E-state index is -2.79. The highest BCUT2D eigenvalue weighted by molar-refractivity contribution is 5.82. The summed E-state index contributed by atoms with van der Waals surface area (Å²) in [5, 5.41) is 37.2. The zero-order valence-corrected chi connectivity index (χ0v) is 6.33. The maximum absolute atomic E-state index is 10.9. The number of carbonyl (C=O) groups excluding carboxylic acids is 1. The highest BCUT2D eigenvalue weighted by Crippen LogP contribution is 2.65. The minimum absolute atomic E-state index is 1.50. The number of aliphatic hydroxyl groups is 4. The summed E-state index contributed by atoms with van der Waals surface area (Å²) in [4.78, 5) is 18.7. The molecular formula is C5H4O9. The Kier molecular flexibility index (Phi) is 1.02. The van der Waals surface area contributed by atoms with Gasteiger partial charge in [-0.1, -0.05) is 0 Å². The molecule has 0 aromatic carbocycles. The molecule has 0 aromatic heterocycles. The molecule has 1 unspecified atom stereocenters. The van der Waals surface area contributed by atoms with E-state index in [4.69, 9.17) is 5.11 Å². The number of hydrogen-bond donors (Lipinski definition) is 4. The van der Waals surface area contributed by atoms with Crippen LogP contribution in [-0.2, 0) is 24.0 Å². The quantitative estimate of drug-likeness (QED) is 0.233. The Labute approximate surface area is 74.9 Å². The van der Waals surface area contributed by atoms with E-state index in [0.717, 1.165) is 0 Å². The molecular weight excluding hydrogens is 204 g/mol. The van der Waals surface area contributed by atoms with Crippen LogP contribution in [0.5, 0.6) is 0 Å². The first-order valence-electron chi connectivity index (χ1n) is 3.49. The molecule has 3 aliphatic heterocycles. The zero-order valence-electron chi connectivity index (χ0n) is 6.33. The Morgan fingerprint density at radius 3 is 2.29 bits per heavy atom. The highest BCUT2D eigenvalue weighted by Gasteiger charge is 3.01. The van der Waals surface area contributed by atoms with Gasteiger partial charge < -0.3 is 20.4 Å². The molecule has 0 amide bonds. The van der Waals surface area contributed by atoms with Gasteiger partial charge in [0.15, 0.2) is 0 Å². The topological polar surface area (TPSA) is 142 Å². The molecule has 3 fully saturated rings. The normalized spacial score (nSPS) is 64.7. The van der Waals surface area contributed by atoms with Crippen LogP contribution in [0.1, 0.15) is 0 Å². The van der Waals surface area contributed by atoms with E-state index >= 15 is 0 Å². The maximum Gasteiger partial charge on any atom is 0.407 e. The average molecular weight is 208 g/mol. The lowest BCUT2D eigenvalue weighted by molar-refractivity contribution is -0.395. The summed E-state index contributed by atoms with van der Waals surface area (Å²) in [5.41, 5.74) is 0. The van der Waals surface area contributed by atoms with Gasteiger partial charge in [-0.05, 0) is 0 Å². The molecule has 3 rings (SSSR count). The molecule has 4 atom stereocenters. The third-order valence-electron chi connectivity index (χ3n) is 2.35. The first-order valence-corrected chi connectivity index (χ1v) is 3.49. The van der Waals surface area contributed by atoms with E-state index in [9.17, 15) is 20.1 Å². The lowest BCUT2D eigenvalue weighted by Crippen LogP contribution is -2.46. The molecule has 0 radical (unpaired) electrons. The van der Waals surface area contributed by atoms with E-state index in [1.807, 2.05) is 0 Å². The number of fused-ring (bicyclic) bond motifs is 3. The van der Waals surface area contributed by atoms with Crippen molar-refractivity contribution in [3.8, 4) is 0 Å². The van der Waals surface area contributed by atoms with Gasteiger partial charge in [0.25, 0.3) is 0 Å². The van der Waals surface area contributed by atoms with Crippen molar-refractivity contribution in [3.05, 3.63) is 0 Å². The van der Waals surface area contributed by atoms with Gasteiger partial charge in [0, 0.05) is 0 Å². The predicted octanol–water partition coefficient (Wildman–Crippen LogP) is -3.75. The second-order valence-corrected chi connectivity index (χ2v) is 3.17. The molecule has 14 heavy (non-hydrogen) atoms. The van der Waals surface area contributed by atoms with E-state index in [0.29, 0.717) is 0 Å². The Bertz CT molecular complexity index is 355. The van der Waals surface area contributed by atoms with E-state index < -0.39 is 29.3 Å². The van der Waals surface area contributed by atoms with Gasteiger partial charge >= 0.3 is 29.3 Å². The van der Waals surface area contributed by atoms with Crippen molar-refractivity contribution in [1.29, 1.82) is 0 Å². The average Bonchev–Trinajstić information content (AvgIpc) is 2.86. The SMILES string of the molecule is O=C1OOC2(O)O[C@]2(O)[C@]2(O)O[C@]12O. The van der Waals surface area contributed by atoms with E-state index in [-0.39, 0.29) is 0 Å². The van der Waals surface area contributed by atoms with Gasteiger partial charge in [0.1, 0.15) is 0 Å². The summed E-state index contributed by atoms with van der Waals surface area (Å²) in [6.07, 6.45) is 0. The second kappa shape index (κ2) is 1.67. The van der Waals surface area contributed by atoms with Crippen LogP contribution < -0.4 is 0 Å². The first kappa shape index (κ1) is 8.49. The van der Waals surface area contributed by atoms with Crippen LogP contribution in [-0.4, -0.2) is 49.7 Å². The molecule has 9 heteroatoms. The van der Waals surface area contributed by atoms with Crippen molar-refractivity contribution in [1.82, 2.24) is 0 Å². The molecule has 0 saturated carbocycles. The summed E-state index contributed by atoms with van der Waals surface area (Å²) in [6.45, 7) is 0. The van der Waals surface area contributed by atoms with Crippen LogP contribution in [0, 0.1) is 0 Å². The fourth-order valence-corrected chi connectivity index (χ4v) is 1.35. The fourth-order valence-electron chi connectivity index (χ4n) is 1.35. The third kappa shape index (κ3) is 0.545. The zero-order chi connectivity index (χ0) is 10.4. The van der Waals surface area contributed by atoms with E-state index in [1.165, 1.54) is 0 Å². The summed E-state index contributed by atoms with van der Waals surface area (Å²) in [5.74, 6) is -12.6. The van der Waals surface area contributed by atoms with Crippen molar-refractivity contribution < 1.29 is 44.5 Å². The highest BCUT2D eigenvalue weighted by atomic mass is 17.3. The van der Waals surface area contributed by atoms with Crippen molar-refractivity contribution in [2.24, 2.45) is 0 Å². The lowest BCUT2D eigenvalue weighted by atomic mass is 10.1. The number of rotatable bonds is 0. The number of carbonyl (C=O) groups is 1. The number of ether oxygens (including phenoxy) is 2. The third-order valence-corrected chi connectivity index (χ3v) is 2.35. The number of hydrogen-bond acceptors (Lipinski definition) is 9. The van der Waals surface area contributed by atoms with Crippen molar-refractivity contribution in [2.45, 2.75) is 23.3 Å². The Morgan fingerprint density at radius 1 is 1.00 bits per heavy atom. The predicted molar refractivity (Wildman–Crippen MR) is 29.1 cm³/mol. The largest absolute Gasteiger partial charge is 0.407 e. The van der Waals surface area contributed by atoms with Gasteiger partial charge in [-0.15, -0.1) is 4.89 Å². The van der Waals surface area contributed by atoms with Crippen LogP contribution >= 0.6 is 0 Å². The molecule has 4 N–H and O–H groups in total. The van der Waals surface area contributed by atoms with Crippen molar-refractivity contribution in [2.75, 3.05) is 0 Å².